The van der Waals surface area contributed by atoms with Crippen molar-refractivity contribution in [1.82, 2.24) is 19.9 Å². The van der Waals surface area contributed by atoms with Crippen molar-refractivity contribution in [3.63, 3.8) is 0 Å². The van der Waals surface area contributed by atoms with Gasteiger partial charge in [0.15, 0.2) is 0 Å². The fourth-order valence-electron chi connectivity index (χ4n) is 4.03. The fourth-order valence-corrected chi connectivity index (χ4v) is 4.03. The number of carbonyl (C=O) groups excluding carboxylic acids is 2. The molecule has 3 aliphatic rings. The molecule has 2 atom stereocenters. The molecule has 0 unspecified atom stereocenters. The monoisotopic (exact) mass is 368 g/mol. The van der Waals surface area contributed by atoms with Gasteiger partial charge >= 0.3 is 6.03 Å². The highest BCUT2D eigenvalue weighted by molar-refractivity contribution is 5.93. The van der Waals surface area contributed by atoms with Crippen LogP contribution in [0.5, 0.6) is 0 Å². The number of carbonyl (C=O) groups is 2. The Bertz CT molecular complexity index is 833. The Kier molecular flexibility index (Phi) is 4.59. The topological polar surface area (TPSA) is 69.9 Å². The predicted molar refractivity (Wildman–Crippen MR) is 100 cm³/mol. The summed E-state index contributed by atoms with van der Waals surface area (Å²) in [5.41, 5.74) is 1.57. The van der Waals surface area contributed by atoms with E-state index in [0.717, 1.165) is 18.4 Å². The molecule has 0 spiro atoms. The van der Waals surface area contributed by atoms with Crippen molar-refractivity contribution in [1.29, 1.82) is 0 Å². The number of rotatable bonds is 2. The normalized spacial score (nSPS) is 21.9. The molecule has 142 valence electrons. The summed E-state index contributed by atoms with van der Waals surface area (Å²) < 4.78 is 5.37. The van der Waals surface area contributed by atoms with Gasteiger partial charge in [0.25, 0.3) is 5.91 Å². The largest absolute Gasteiger partial charge is 0.350 e. The van der Waals surface area contributed by atoms with E-state index in [1.807, 2.05) is 40.1 Å². The van der Waals surface area contributed by atoms with Crippen LogP contribution in [0.2, 0.25) is 0 Å². The van der Waals surface area contributed by atoms with Crippen molar-refractivity contribution in [2.45, 2.75) is 18.9 Å². The lowest BCUT2D eigenvalue weighted by Crippen LogP contribution is -2.48. The van der Waals surface area contributed by atoms with Crippen molar-refractivity contribution < 1.29 is 14.1 Å². The molecule has 3 aliphatic heterocycles. The highest BCUT2D eigenvalue weighted by Crippen LogP contribution is 2.30. The standard InChI is InChI=1S/C20H24N4O3/c1-22(2)20(26)23-11-14-8-9-16(13-23)24(12-14)19(25)18-10-17(21-27-18)15-6-4-3-5-7-15/h3-7,10,14,16H,8-9,11-13H2,1-2H3/t14-,16+/m0/s1. The van der Waals surface area contributed by atoms with Crippen molar-refractivity contribution in [2.24, 2.45) is 5.92 Å². The first kappa shape index (κ1) is 17.6. The number of nitrogens with zero attached hydrogens (tertiary/aromatic N) is 4. The molecule has 3 fully saturated rings. The number of amides is 3. The fraction of sp³-hybridized carbons (Fsp3) is 0.450. The highest BCUT2D eigenvalue weighted by Gasteiger charge is 2.40. The zero-order valence-corrected chi connectivity index (χ0v) is 15.7. The van der Waals surface area contributed by atoms with Gasteiger partial charge in [0.05, 0.1) is 0 Å². The molecule has 0 saturated carbocycles. The van der Waals surface area contributed by atoms with E-state index in [9.17, 15) is 9.59 Å². The van der Waals surface area contributed by atoms with Gasteiger partial charge < -0.3 is 19.2 Å². The van der Waals surface area contributed by atoms with Gasteiger partial charge in [-0.3, -0.25) is 4.79 Å². The third-order valence-electron chi connectivity index (χ3n) is 5.42. The Morgan fingerprint density at radius 1 is 1.11 bits per heavy atom. The summed E-state index contributed by atoms with van der Waals surface area (Å²) in [6.45, 7) is 1.92. The molecule has 1 aromatic carbocycles. The predicted octanol–water partition coefficient (Wildman–Crippen LogP) is 2.56. The van der Waals surface area contributed by atoms with E-state index in [-0.39, 0.29) is 23.7 Å². The molecule has 2 bridgehead atoms. The zero-order valence-electron chi connectivity index (χ0n) is 15.7. The smallest absolute Gasteiger partial charge is 0.319 e. The summed E-state index contributed by atoms with van der Waals surface area (Å²) in [5.74, 6) is 0.415. The summed E-state index contributed by atoms with van der Waals surface area (Å²) in [7, 11) is 3.52. The van der Waals surface area contributed by atoms with Gasteiger partial charge in [-0.25, -0.2) is 4.79 Å². The molecule has 3 saturated heterocycles. The van der Waals surface area contributed by atoms with Gasteiger partial charge in [-0.1, -0.05) is 35.5 Å². The van der Waals surface area contributed by atoms with Crippen LogP contribution < -0.4 is 0 Å². The van der Waals surface area contributed by atoms with Crippen LogP contribution in [0.25, 0.3) is 11.3 Å². The number of piperidine rings is 1. The molecule has 2 aromatic rings. The van der Waals surface area contributed by atoms with Crippen LogP contribution in [-0.2, 0) is 0 Å². The number of benzene rings is 1. The second-order valence-corrected chi connectivity index (χ2v) is 7.58. The van der Waals surface area contributed by atoms with Crippen LogP contribution in [-0.4, -0.2) is 71.6 Å². The molecular formula is C20H24N4O3. The van der Waals surface area contributed by atoms with Crippen molar-refractivity contribution in [3.05, 3.63) is 42.2 Å². The Labute approximate surface area is 158 Å². The summed E-state index contributed by atoms with van der Waals surface area (Å²) in [4.78, 5) is 30.8. The molecular weight excluding hydrogens is 344 g/mol. The molecule has 7 heteroatoms. The number of hydrogen-bond donors (Lipinski definition) is 0. The van der Waals surface area contributed by atoms with Crippen LogP contribution >= 0.6 is 0 Å². The number of fused-ring (bicyclic) bond motifs is 4. The SMILES string of the molecule is CN(C)C(=O)N1C[C@@H]2CC[C@H](C1)N(C(=O)c1cc(-c3ccccc3)no1)C2. The Morgan fingerprint density at radius 3 is 2.63 bits per heavy atom. The maximum Gasteiger partial charge on any atom is 0.319 e. The summed E-state index contributed by atoms with van der Waals surface area (Å²) >= 11 is 0. The second kappa shape index (κ2) is 7.06. The average Bonchev–Trinajstić information content (AvgIpc) is 3.00. The van der Waals surface area contributed by atoms with Crippen molar-refractivity contribution in [3.8, 4) is 11.3 Å². The molecule has 7 nitrogen and oxygen atoms in total. The van der Waals surface area contributed by atoms with Gasteiger partial charge in [-0.15, -0.1) is 0 Å². The molecule has 0 aliphatic carbocycles. The van der Waals surface area contributed by atoms with Gasteiger partial charge in [-0.2, -0.15) is 0 Å². The maximum absolute atomic E-state index is 13.1. The Morgan fingerprint density at radius 2 is 1.89 bits per heavy atom. The van der Waals surface area contributed by atoms with E-state index in [1.54, 1.807) is 25.1 Å². The average molecular weight is 368 g/mol. The maximum atomic E-state index is 13.1. The molecule has 1 aromatic heterocycles. The summed E-state index contributed by atoms with van der Waals surface area (Å²) in [6.07, 6.45) is 1.95. The van der Waals surface area contributed by atoms with Gasteiger partial charge in [0.2, 0.25) is 5.76 Å². The molecule has 4 heterocycles. The molecule has 3 amide bonds. The molecule has 27 heavy (non-hydrogen) atoms. The van der Waals surface area contributed by atoms with Gasteiger partial charge in [0, 0.05) is 51.4 Å². The van der Waals surface area contributed by atoms with Crippen molar-refractivity contribution >= 4 is 11.9 Å². The number of hydrogen-bond acceptors (Lipinski definition) is 4. The van der Waals surface area contributed by atoms with E-state index in [4.69, 9.17) is 4.52 Å². The van der Waals surface area contributed by atoms with Crippen molar-refractivity contribution in [2.75, 3.05) is 33.7 Å². The molecule has 0 radical (unpaired) electrons. The van der Waals surface area contributed by atoms with Crippen LogP contribution in [0.1, 0.15) is 23.4 Å². The number of urea groups is 1. The summed E-state index contributed by atoms with van der Waals surface area (Å²) in [6, 6.07) is 11.4. The minimum atomic E-state index is -0.140. The first-order valence-electron chi connectivity index (χ1n) is 9.32. The van der Waals surface area contributed by atoms with E-state index >= 15 is 0 Å². The molecule has 0 N–H and O–H groups in total. The van der Waals surface area contributed by atoms with E-state index in [0.29, 0.717) is 31.2 Å². The highest BCUT2D eigenvalue weighted by atomic mass is 16.5. The number of aromatic nitrogens is 1. The second-order valence-electron chi connectivity index (χ2n) is 7.58. The minimum Gasteiger partial charge on any atom is -0.350 e. The van der Waals surface area contributed by atoms with Gasteiger partial charge in [0.1, 0.15) is 5.69 Å². The molecule has 5 rings (SSSR count). The Balaban J connectivity index is 1.53. The van der Waals surface area contributed by atoms with Gasteiger partial charge in [-0.05, 0) is 18.8 Å². The lowest BCUT2D eigenvalue weighted by atomic mass is 9.95. The first-order valence-corrected chi connectivity index (χ1v) is 9.32. The van der Waals surface area contributed by atoms with E-state index < -0.39 is 0 Å². The minimum absolute atomic E-state index is 0.00669. The van der Waals surface area contributed by atoms with Crippen LogP contribution in [0.15, 0.2) is 40.9 Å². The lowest BCUT2D eigenvalue weighted by molar-refractivity contribution is 0.0544. The van der Waals surface area contributed by atoms with E-state index in [1.165, 1.54) is 0 Å². The zero-order chi connectivity index (χ0) is 19.0. The van der Waals surface area contributed by atoms with E-state index in [2.05, 4.69) is 5.16 Å². The third kappa shape index (κ3) is 3.41. The quantitative estimate of drug-likeness (QED) is 0.817. The third-order valence-corrected chi connectivity index (χ3v) is 5.42. The first-order chi connectivity index (χ1) is 13.0. The van der Waals surface area contributed by atoms with Crippen LogP contribution in [0.4, 0.5) is 4.79 Å². The van der Waals surface area contributed by atoms with Crippen LogP contribution in [0, 0.1) is 5.92 Å². The Hall–Kier alpha value is -2.83. The van der Waals surface area contributed by atoms with Crippen LogP contribution in [0.3, 0.4) is 0 Å². The lowest BCUT2D eigenvalue weighted by Gasteiger charge is -2.35. The summed E-state index contributed by atoms with van der Waals surface area (Å²) in [5, 5.41) is 4.06.